The number of amides is 1. The van der Waals surface area contributed by atoms with E-state index in [2.05, 4.69) is 22.4 Å². The number of aliphatic imine (C=N–C) groups is 1. The van der Waals surface area contributed by atoms with E-state index in [1.807, 2.05) is 42.5 Å². The van der Waals surface area contributed by atoms with Crippen molar-refractivity contribution in [3.8, 4) is 5.75 Å². The molecule has 0 heterocycles. The number of hydrogen-bond acceptors (Lipinski definition) is 3. The summed E-state index contributed by atoms with van der Waals surface area (Å²) in [6, 6.07) is 17.7. The third kappa shape index (κ3) is 8.76. The first-order valence-corrected chi connectivity index (χ1v) is 8.54. The summed E-state index contributed by atoms with van der Waals surface area (Å²) in [5, 5.41) is 3.11. The van der Waals surface area contributed by atoms with Crippen molar-refractivity contribution in [2.75, 3.05) is 27.2 Å². The second kappa shape index (κ2) is 12.2. The Labute approximate surface area is 177 Å². The number of halogens is 1. The molecule has 0 aliphatic carbocycles. The number of likely N-dealkylation sites (N-methyl/N-ethyl adjacent to an activating group) is 1. The molecule has 146 valence electrons. The lowest BCUT2D eigenvalue weighted by atomic mass is 10.1. The normalized spacial score (nSPS) is 10.7. The van der Waals surface area contributed by atoms with Gasteiger partial charge in [0.2, 0.25) is 0 Å². The molecule has 2 rings (SSSR count). The van der Waals surface area contributed by atoms with Crippen LogP contribution in [0, 0.1) is 0 Å². The minimum atomic E-state index is -0.0831. The lowest BCUT2D eigenvalue weighted by Gasteiger charge is -2.11. The minimum Gasteiger partial charge on any atom is -0.484 e. The van der Waals surface area contributed by atoms with Crippen molar-refractivity contribution in [1.29, 1.82) is 0 Å². The molecule has 0 aliphatic heterocycles. The molecule has 0 fully saturated rings. The van der Waals surface area contributed by atoms with E-state index in [0.29, 0.717) is 18.3 Å². The molecule has 2 aromatic carbocycles. The average Bonchev–Trinajstić information content (AvgIpc) is 2.65. The smallest absolute Gasteiger partial charge is 0.259 e. The van der Waals surface area contributed by atoms with Gasteiger partial charge in [0.1, 0.15) is 5.75 Å². The first-order chi connectivity index (χ1) is 12.5. The molecule has 7 heteroatoms. The van der Waals surface area contributed by atoms with Crippen molar-refractivity contribution in [3.05, 3.63) is 65.7 Å². The molecular formula is C20H27IN4O2. The van der Waals surface area contributed by atoms with Crippen LogP contribution in [0.5, 0.6) is 5.75 Å². The van der Waals surface area contributed by atoms with Crippen LogP contribution >= 0.6 is 24.0 Å². The fraction of sp³-hybridized carbons (Fsp3) is 0.300. The number of carbonyl (C=O) groups excluding carboxylic acids is 1. The van der Waals surface area contributed by atoms with Gasteiger partial charge in [0.05, 0.1) is 6.54 Å². The number of nitrogens with two attached hydrogens (primary N) is 1. The van der Waals surface area contributed by atoms with Gasteiger partial charge in [-0.1, -0.05) is 42.5 Å². The Balaban J connectivity index is 0.00000364. The Morgan fingerprint density at radius 2 is 1.81 bits per heavy atom. The zero-order valence-corrected chi connectivity index (χ0v) is 18.1. The summed E-state index contributed by atoms with van der Waals surface area (Å²) >= 11 is 0. The molecular weight excluding hydrogens is 455 g/mol. The van der Waals surface area contributed by atoms with Crippen molar-refractivity contribution >= 4 is 35.8 Å². The van der Waals surface area contributed by atoms with Gasteiger partial charge < -0.3 is 20.7 Å². The van der Waals surface area contributed by atoms with Gasteiger partial charge in [0, 0.05) is 20.6 Å². The Kier molecular flexibility index (Phi) is 10.2. The molecule has 0 saturated heterocycles. The number of benzene rings is 2. The monoisotopic (exact) mass is 482 g/mol. The fourth-order valence-electron chi connectivity index (χ4n) is 2.22. The van der Waals surface area contributed by atoms with Crippen molar-refractivity contribution < 1.29 is 9.53 Å². The number of guanidine groups is 1. The first kappa shape index (κ1) is 22.8. The quantitative estimate of drug-likeness (QED) is 0.344. The summed E-state index contributed by atoms with van der Waals surface area (Å²) in [5.41, 5.74) is 8.13. The molecule has 27 heavy (non-hydrogen) atoms. The highest BCUT2D eigenvalue weighted by Crippen LogP contribution is 2.14. The molecule has 0 spiro atoms. The van der Waals surface area contributed by atoms with Crippen LogP contribution in [0.4, 0.5) is 0 Å². The van der Waals surface area contributed by atoms with Crippen LogP contribution in [-0.2, 0) is 17.8 Å². The molecule has 3 N–H and O–H groups in total. The van der Waals surface area contributed by atoms with Gasteiger partial charge in [-0.05, 0) is 29.7 Å². The van der Waals surface area contributed by atoms with E-state index in [0.717, 1.165) is 18.5 Å². The summed E-state index contributed by atoms with van der Waals surface area (Å²) in [5.74, 6) is 0.971. The highest BCUT2D eigenvalue weighted by molar-refractivity contribution is 14.0. The van der Waals surface area contributed by atoms with E-state index in [4.69, 9.17) is 10.5 Å². The number of ether oxygens (including phenoxy) is 1. The molecule has 0 aliphatic rings. The zero-order valence-electron chi connectivity index (χ0n) is 15.7. The van der Waals surface area contributed by atoms with Crippen molar-refractivity contribution in [3.63, 3.8) is 0 Å². The van der Waals surface area contributed by atoms with Crippen LogP contribution < -0.4 is 15.8 Å². The van der Waals surface area contributed by atoms with E-state index >= 15 is 0 Å². The van der Waals surface area contributed by atoms with E-state index < -0.39 is 0 Å². The highest BCUT2D eigenvalue weighted by atomic mass is 127. The standard InChI is InChI=1S/C20H26N4O2.HI/c1-24(2)19(25)15-26-18-10-6-9-17(13-18)14-23-20(21)22-12-11-16-7-4-3-5-8-16;/h3-10,13H,11-12,14-15H2,1-2H3,(H3,21,22,23);1H. The lowest BCUT2D eigenvalue weighted by molar-refractivity contribution is -0.130. The van der Waals surface area contributed by atoms with Crippen LogP contribution in [0.15, 0.2) is 59.6 Å². The van der Waals surface area contributed by atoms with Crippen LogP contribution in [0.3, 0.4) is 0 Å². The number of nitrogens with one attached hydrogen (secondary N) is 1. The third-order valence-corrected chi connectivity index (χ3v) is 3.75. The van der Waals surface area contributed by atoms with Crippen LogP contribution in [0.1, 0.15) is 11.1 Å². The van der Waals surface area contributed by atoms with Gasteiger partial charge in [0.15, 0.2) is 12.6 Å². The molecule has 0 atom stereocenters. The largest absolute Gasteiger partial charge is 0.484 e. The van der Waals surface area contributed by atoms with Gasteiger partial charge >= 0.3 is 0 Å². The van der Waals surface area contributed by atoms with Crippen LogP contribution in [0.25, 0.3) is 0 Å². The molecule has 0 bridgehead atoms. The molecule has 0 saturated carbocycles. The predicted octanol–water partition coefficient (Wildman–Crippen LogP) is 2.42. The van der Waals surface area contributed by atoms with E-state index in [-0.39, 0.29) is 36.5 Å². The molecule has 0 aromatic heterocycles. The highest BCUT2D eigenvalue weighted by Gasteiger charge is 2.05. The van der Waals surface area contributed by atoms with Crippen molar-refractivity contribution in [2.45, 2.75) is 13.0 Å². The Bertz CT molecular complexity index is 736. The lowest BCUT2D eigenvalue weighted by Crippen LogP contribution is -2.33. The van der Waals surface area contributed by atoms with Crippen LogP contribution in [0.2, 0.25) is 0 Å². The van der Waals surface area contributed by atoms with Gasteiger partial charge in [-0.25, -0.2) is 4.99 Å². The molecule has 0 unspecified atom stereocenters. The number of rotatable bonds is 8. The maximum Gasteiger partial charge on any atom is 0.259 e. The second-order valence-electron chi connectivity index (χ2n) is 6.09. The minimum absolute atomic E-state index is 0. The predicted molar refractivity (Wildman–Crippen MR) is 120 cm³/mol. The Morgan fingerprint density at radius 3 is 2.52 bits per heavy atom. The Hall–Kier alpha value is -2.29. The van der Waals surface area contributed by atoms with E-state index in [1.54, 1.807) is 14.1 Å². The number of nitrogens with zero attached hydrogens (tertiary/aromatic N) is 2. The maximum absolute atomic E-state index is 11.6. The number of carbonyl (C=O) groups is 1. The molecule has 1 amide bonds. The molecule has 2 aromatic rings. The summed E-state index contributed by atoms with van der Waals surface area (Å²) in [6.45, 7) is 1.20. The SMILES string of the molecule is CN(C)C(=O)COc1cccc(CN=C(N)NCCc2ccccc2)c1.I. The molecule has 6 nitrogen and oxygen atoms in total. The maximum atomic E-state index is 11.6. The van der Waals surface area contributed by atoms with Gasteiger partial charge in [-0.3, -0.25) is 4.79 Å². The van der Waals surface area contributed by atoms with Crippen molar-refractivity contribution in [2.24, 2.45) is 10.7 Å². The topological polar surface area (TPSA) is 80.0 Å². The number of hydrogen-bond donors (Lipinski definition) is 2. The van der Waals surface area contributed by atoms with Gasteiger partial charge in [0.25, 0.3) is 5.91 Å². The molecule has 0 radical (unpaired) electrons. The van der Waals surface area contributed by atoms with Crippen LogP contribution in [-0.4, -0.2) is 44.0 Å². The van der Waals surface area contributed by atoms with E-state index in [9.17, 15) is 4.79 Å². The summed E-state index contributed by atoms with van der Waals surface area (Å²) in [7, 11) is 3.40. The van der Waals surface area contributed by atoms with E-state index in [1.165, 1.54) is 10.5 Å². The fourth-order valence-corrected chi connectivity index (χ4v) is 2.22. The van der Waals surface area contributed by atoms with Crippen molar-refractivity contribution in [1.82, 2.24) is 10.2 Å². The van der Waals surface area contributed by atoms with Gasteiger partial charge in [-0.15, -0.1) is 24.0 Å². The summed E-state index contributed by atoms with van der Waals surface area (Å²) < 4.78 is 5.50. The third-order valence-electron chi connectivity index (χ3n) is 3.75. The van der Waals surface area contributed by atoms with Gasteiger partial charge in [-0.2, -0.15) is 0 Å². The first-order valence-electron chi connectivity index (χ1n) is 8.54. The average molecular weight is 482 g/mol. The zero-order chi connectivity index (χ0) is 18.8. The summed E-state index contributed by atoms with van der Waals surface area (Å²) in [6.07, 6.45) is 0.889. The summed E-state index contributed by atoms with van der Waals surface area (Å²) in [4.78, 5) is 17.4. The second-order valence-corrected chi connectivity index (χ2v) is 6.09. The Morgan fingerprint density at radius 1 is 1.11 bits per heavy atom.